The highest BCUT2D eigenvalue weighted by Gasteiger charge is 2.07. The summed E-state index contributed by atoms with van der Waals surface area (Å²) in [5, 5.41) is 0. The predicted molar refractivity (Wildman–Crippen MR) is 52.3 cm³/mol. The zero-order valence-corrected chi connectivity index (χ0v) is 7.38. The summed E-state index contributed by atoms with van der Waals surface area (Å²) in [5.74, 6) is 0. The van der Waals surface area contributed by atoms with E-state index in [0.29, 0.717) is 0 Å². The lowest BCUT2D eigenvalue weighted by molar-refractivity contribution is 1.01. The van der Waals surface area contributed by atoms with Crippen LogP contribution < -0.4 is 0 Å². The van der Waals surface area contributed by atoms with E-state index in [1.165, 1.54) is 16.8 Å². The van der Waals surface area contributed by atoms with Crippen molar-refractivity contribution in [3.05, 3.63) is 29.3 Å². The summed E-state index contributed by atoms with van der Waals surface area (Å²) in [4.78, 5) is 4.44. The van der Waals surface area contributed by atoms with Crippen LogP contribution in [-0.2, 0) is 12.8 Å². The molecule has 1 aliphatic rings. The van der Waals surface area contributed by atoms with Crippen LogP contribution >= 0.6 is 0 Å². The van der Waals surface area contributed by atoms with E-state index < -0.39 is 0 Å². The molecule has 12 heavy (non-hydrogen) atoms. The molecule has 1 aromatic rings. The second-order valence-electron chi connectivity index (χ2n) is 3.13. The Hall–Kier alpha value is -1.11. The van der Waals surface area contributed by atoms with Crippen molar-refractivity contribution in [2.75, 3.05) is 0 Å². The maximum atomic E-state index is 4.44. The number of aliphatic imine (C=N–C) groups is 1. The van der Waals surface area contributed by atoms with E-state index in [1.807, 2.05) is 6.21 Å². The van der Waals surface area contributed by atoms with Gasteiger partial charge in [-0.2, -0.15) is 0 Å². The number of nitrogens with zero attached hydrogens (tertiary/aromatic N) is 1. The third kappa shape index (κ3) is 1.15. The Bertz CT molecular complexity index is 313. The number of hydrogen-bond acceptors (Lipinski definition) is 1. The SMILES string of the molecule is CCc1cccc2c1N=CCC2. The molecule has 1 heterocycles. The second kappa shape index (κ2) is 3.10. The molecule has 0 bridgehead atoms. The molecule has 0 saturated carbocycles. The van der Waals surface area contributed by atoms with Crippen LogP contribution in [0.3, 0.4) is 0 Å². The van der Waals surface area contributed by atoms with Crippen molar-refractivity contribution in [3.8, 4) is 0 Å². The summed E-state index contributed by atoms with van der Waals surface area (Å²) in [5.41, 5.74) is 4.02. The van der Waals surface area contributed by atoms with Gasteiger partial charge in [0.25, 0.3) is 0 Å². The molecule has 0 aliphatic carbocycles. The van der Waals surface area contributed by atoms with Crippen molar-refractivity contribution in [3.63, 3.8) is 0 Å². The van der Waals surface area contributed by atoms with E-state index in [-0.39, 0.29) is 0 Å². The van der Waals surface area contributed by atoms with Crippen LogP contribution in [0.5, 0.6) is 0 Å². The van der Waals surface area contributed by atoms with Crippen LogP contribution in [0.1, 0.15) is 24.5 Å². The van der Waals surface area contributed by atoms with Gasteiger partial charge < -0.3 is 0 Å². The van der Waals surface area contributed by atoms with Gasteiger partial charge in [0.05, 0.1) is 5.69 Å². The van der Waals surface area contributed by atoms with Gasteiger partial charge in [0.1, 0.15) is 0 Å². The molecule has 62 valence electrons. The lowest BCUT2D eigenvalue weighted by Crippen LogP contribution is -1.96. The van der Waals surface area contributed by atoms with Gasteiger partial charge in [-0.05, 0) is 30.4 Å². The van der Waals surface area contributed by atoms with Gasteiger partial charge in [0.2, 0.25) is 0 Å². The van der Waals surface area contributed by atoms with E-state index in [4.69, 9.17) is 0 Å². The maximum absolute atomic E-state index is 4.44. The molecule has 1 heteroatoms. The number of benzene rings is 1. The lowest BCUT2D eigenvalue weighted by atomic mass is 10.00. The summed E-state index contributed by atoms with van der Waals surface area (Å²) < 4.78 is 0. The van der Waals surface area contributed by atoms with Gasteiger partial charge in [-0.15, -0.1) is 0 Å². The standard InChI is InChI=1S/C11H13N/c1-2-9-5-3-6-10-7-4-8-12-11(9)10/h3,5-6,8H,2,4,7H2,1H3. The minimum atomic E-state index is 1.08. The monoisotopic (exact) mass is 159 g/mol. The summed E-state index contributed by atoms with van der Waals surface area (Å²) in [6.07, 6.45) is 5.37. The Morgan fingerprint density at radius 2 is 2.33 bits per heavy atom. The highest BCUT2D eigenvalue weighted by molar-refractivity contribution is 5.70. The Kier molecular flexibility index (Phi) is 1.94. The highest BCUT2D eigenvalue weighted by Crippen LogP contribution is 2.28. The van der Waals surface area contributed by atoms with E-state index in [2.05, 4.69) is 30.1 Å². The number of para-hydroxylation sites is 1. The van der Waals surface area contributed by atoms with Gasteiger partial charge in [-0.1, -0.05) is 25.1 Å². The van der Waals surface area contributed by atoms with Crippen LogP contribution in [0.15, 0.2) is 23.2 Å². The molecule has 0 aromatic heterocycles. The third-order valence-corrected chi connectivity index (χ3v) is 2.35. The number of aryl methyl sites for hydroxylation is 2. The molecule has 0 N–H and O–H groups in total. The maximum Gasteiger partial charge on any atom is 0.0689 e. The number of rotatable bonds is 1. The number of fused-ring (bicyclic) bond motifs is 1. The van der Waals surface area contributed by atoms with Gasteiger partial charge in [0, 0.05) is 6.21 Å². The van der Waals surface area contributed by atoms with Crippen LogP contribution in [0.2, 0.25) is 0 Å². The Balaban J connectivity index is 2.54. The molecular weight excluding hydrogens is 146 g/mol. The topological polar surface area (TPSA) is 12.4 Å². The molecule has 1 aliphatic heterocycles. The van der Waals surface area contributed by atoms with Crippen molar-refractivity contribution in [1.82, 2.24) is 0 Å². The van der Waals surface area contributed by atoms with Crippen molar-refractivity contribution in [2.45, 2.75) is 26.2 Å². The average Bonchev–Trinajstić information content (AvgIpc) is 2.17. The Morgan fingerprint density at radius 3 is 3.17 bits per heavy atom. The molecule has 0 fully saturated rings. The highest BCUT2D eigenvalue weighted by atomic mass is 14.7. The van der Waals surface area contributed by atoms with E-state index >= 15 is 0 Å². The first-order chi connectivity index (χ1) is 5.92. The molecule has 2 rings (SSSR count). The average molecular weight is 159 g/mol. The van der Waals surface area contributed by atoms with Crippen molar-refractivity contribution >= 4 is 11.9 Å². The molecule has 0 saturated heterocycles. The van der Waals surface area contributed by atoms with E-state index in [9.17, 15) is 0 Å². The summed E-state index contributed by atoms with van der Waals surface area (Å²) in [7, 11) is 0. The van der Waals surface area contributed by atoms with Crippen LogP contribution in [-0.4, -0.2) is 6.21 Å². The van der Waals surface area contributed by atoms with Crippen molar-refractivity contribution < 1.29 is 0 Å². The van der Waals surface area contributed by atoms with Gasteiger partial charge in [-0.3, -0.25) is 4.99 Å². The van der Waals surface area contributed by atoms with Crippen molar-refractivity contribution in [2.24, 2.45) is 4.99 Å². The molecule has 1 nitrogen and oxygen atoms in total. The Labute approximate surface area is 73.1 Å². The van der Waals surface area contributed by atoms with Gasteiger partial charge in [0.15, 0.2) is 0 Å². The van der Waals surface area contributed by atoms with E-state index in [1.54, 1.807) is 0 Å². The third-order valence-electron chi connectivity index (χ3n) is 2.35. The quantitative estimate of drug-likeness (QED) is 0.597. The minimum Gasteiger partial charge on any atom is -0.261 e. The molecular formula is C11H13N. The lowest BCUT2D eigenvalue weighted by Gasteiger charge is -2.12. The fourth-order valence-electron chi connectivity index (χ4n) is 1.67. The molecule has 0 atom stereocenters. The molecule has 0 radical (unpaired) electrons. The first-order valence-electron chi connectivity index (χ1n) is 4.55. The largest absolute Gasteiger partial charge is 0.261 e. The fraction of sp³-hybridized carbons (Fsp3) is 0.364. The molecule has 0 amide bonds. The Morgan fingerprint density at radius 1 is 1.42 bits per heavy atom. The van der Waals surface area contributed by atoms with Gasteiger partial charge in [-0.25, -0.2) is 0 Å². The van der Waals surface area contributed by atoms with Crippen LogP contribution in [0.25, 0.3) is 0 Å². The predicted octanol–water partition coefficient (Wildman–Crippen LogP) is 2.90. The minimum absolute atomic E-state index is 1.08. The smallest absolute Gasteiger partial charge is 0.0689 e. The fourth-order valence-corrected chi connectivity index (χ4v) is 1.67. The summed E-state index contributed by atoms with van der Waals surface area (Å²) in [6.45, 7) is 2.18. The zero-order valence-electron chi connectivity index (χ0n) is 7.38. The number of hydrogen-bond donors (Lipinski definition) is 0. The van der Waals surface area contributed by atoms with Crippen LogP contribution in [0, 0.1) is 0 Å². The molecule has 0 unspecified atom stereocenters. The normalized spacial score (nSPS) is 14.4. The van der Waals surface area contributed by atoms with Gasteiger partial charge >= 0.3 is 0 Å². The van der Waals surface area contributed by atoms with Crippen LogP contribution in [0.4, 0.5) is 5.69 Å². The van der Waals surface area contributed by atoms with E-state index in [0.717, 1.165) is 19.3 Å². The molecule has 0 spiro atoms. The van der Waals surface area contributed by atoms with Crippen molar-refractivity contribution in [1.29, 1.82) is 0 Å². The summed E-state index contributed by atoms with van der Waals surface area (Å²) in [6, 6.07) is 6.49. The second-order valence-corrected chi connectivity index (χ2v) is 3.13. The zero-order chi connectivity index (χ0) is 8.39. The first-order valence-corrected chi connectivity index (χ1v) is 4.55. The summed E-state index contributed by atoms with van der Waals surface area (Å²) >= 11 is 0. The molecule has 1 aromatic carbocycles. The first kappa shape index (κ1) is 7.53.